The number of alkyl halides is 3. The van der Waals surface area contributed by atoms with Crippen LogP contribution in [0.15, 0.2) is 18.2 Å². The summed E-state index contributed by atoms with van der Waals surface area (Å²) in [4.78, 5) is 9.27. The molecular formula is C8H5BF6NO3-. The van der Waals surface area contributed by atoms with Gasteiger partial charge in [-0.1, -0.05) is 0 Å². The smallest absolute Gasteiger partial charge is 0.515 e. The van der Waals surface area contributed by atoms with Gasteiger partial charge in [0.05, 0.1) is 17.0 Å². The highest BCUT2D eigenvalue weighted by Gasteiger charge is 2.34. The monoisotopic (exact) mass is 288 g/mol. The molecule has 0 aliphatic rings. The molecule has 1 rings (SSSR count). The third kappa shape index (κ3) is 4.34. The van der Waals surface area contributed by atoms with Gasteiger partial charge in [0.1, 0.15) is 0 Å². The molecule has 0 fully saturated rings. The zero-order valence-corrected chi connectivity index (χ0v) is 8.96. The molecule has 0 bridgehead atoms. The summed E-state index contributed by atoms with van der Waals surface area (Å²) in [5.41, 5.74) is -2.51. The molecule has 19 heavy (non-hydrogen) atoms. The van der Waals surface area contributed by atoms with Crippen LogP contribution in [0, 0.1) is 10.1 Å². The van der Waals surface area contributed by atoms with E-state index >= 15 is 0 Å². The molecule has 1 aromatic rings. The molecule has 1 aromatic carbocycles. The Bertz CT molecular complexity index is 486. The molecule has 0 unspecified atom stereocenters. The van der Waals surface area contributed by atoms with Crippen molar-refractivity contribution in [2.75, 3.05) is 6.51 Å². The van der Waals surface area contributed by atoms with Gasteiger partial charge in [0.2, 0.25) is 0 Å². The fourth-order valence-corrected chi connectivity index (χ4v) is 1.14. The Morgan fingerprint density at radius 1 is 1.26 bits per heavy atom. The van der Waals surface area contributed by atoms with Crippen molar-refractivity contribution < 1.29 is 35.8 Å². The van der Waals surface area contributed by atoms with E-state index in [1.807, 2.05) is 0 Å². The highest BCUT2D eigenvalue weighted by Crippen LogP contribution is 2.36. The van der Waals surface area contributed by atoms with Crippen LogP contribution in [0.1, 0.15) is 5.56 Å². The number of ether oxygens (including phenoxy) is 1. The van der Waals surface area contributed by atoms with Crippen LogP contribution in [0.3, 0.4) is 0 Å². The van der Waals surface area contributed by atoms with E-state index in [0.29, 0.717) is 12.1 Å². The average molecular weight is 288 g/mol. The van der Waals surface area contributed by atoms with Gasteiger partial charge < -0.3 is 17.7 Å². The normalized spacial score (nSPS) is 12.3. The van der Waals surface area contributed by atoms with Crippen LogP contribution in [0.4, 0.5) is 31.8 Å². The number of nitro benzene ring substituents is 1. The fourth-order valence-electron chi connectivity index (χ4n) is 1.14. The lowest BCUT2D eigenvalue weighted by molar-refractivity contribution is -0.386. The number of hydrogen-bond acceptors (Lipinski definition) is 3. The van der Waals surface area contributed by atoms with E-state index in [1.54, 1.807) is 0 Å². The lowest BCUT2D eigenvalue weighted by Crippen LogP contribution is -2.26. The van der Waals surface area contributed by atoms with Gasteiger partial charge in [0.15, 0.2) is 5.75 Å². The topological polar surface area (TPSA) is 52.4 Å². The van der Waals surface area contributed by atoms with Crippen molar-refractivity contribution >= 4 is 12.7 Å². The minimum atomic E-state index is -5.37. The summed E-state index contributed by atoms with van der Waals surface area (Å²) in [6.07, 6.45) is -4.84. The van der Waals surface area contributed by atoms with Crippen molar-refractivity contribution in [1.82, 2.24) is 0 Å². The zero-order chi connectivity index (χ0) is 14.8. The predicted molar refractivity (Wildman–Crippen MR) is 52.7 cm³/mol. The molecular weight excluding hydrogens is 283 g/mol. The van der Waals surface area contributed by atoms with Crippen molar-refractivity contribution in [3.63, 3.8) is 0 Å². The van der Waals surface area contributed by atoms with Gasteiger partial charge in [0.25, 0.3) is 0 Å². The summed E-state index contributed by atoms with van der Waals surface area (Å²) >= 11 is 0. The number of benzene rings is 1. The number of nitrogens with zero attached hydrogens (tertiary/aromatic N) is 1. The Kier molecular flexibility index (Phi) is 3.96. The SMILES string of the molecule is O=[N+]([O-])c1cc(C(F)(F)F)ccc1OC[B-](F)(F)F. The van der Waals surface area contributed by atoms with Crippen molar-refractivity contribution in [2.24, 2.45) is 0 Å². The first-order chi connectivity index (χ1) is 8.50. The van der Waals surface area contributed by atoms with Gasteiger partial charge in [-0.3, -0.25) is 10.1 Å². The number of rotatable bonds is 4. The van der Waals surface area contributed by atoms with Gasteiger partial charge in [-0.15, -0.1) is 0 Å². The third-order valence-corrected chi connectivity index (χ3v) is 1.91. The standard InChI is InChI=1S/C8H5BF6NO3/c10-8(11,12)5-1-2-7(6(3-5)16(17)18)19-4-9(13,14)15/h1-3H,4H2/q-1. The minimum Gasteiger partial charge on any atom is -0.517 e. The molecule has 0 aliphatic carbocycles. The Morgan fingerprint density at radius 3 is 2.26 bits per heavy atom. The summed E-state index contributed by atoms with van der Waals surface area (Å²) in [6, 6.07) is 1.02. The molecule has 4 nitrogen and oxygen atoms in total. The first-order valence-corrected chi connectivity index (χ1v) is 4.70. The summed E-state index contributed by atoms with van der Waals surface area (Å²) < 4.78 is 76.8. The zero-order valence-electron chi connectivity index (χ0n) is 8.96. The molecule has 0 aromatic heterocycles. The summed E-state index contributed by atoms with van der Waals surface area (Å²) in [7, 11) is 0. The second-order valence-corrected chi connectivity index (χ2v) is 3.46. The maximum Gasteiger partial charge on any atom is 0.515 e. The molecule has 0 aliphatic heterocycles. The van der Waals surface area contributed by atoms with Crippen LogP contribution in [0.5, 0.6) is 5.75 Å². The third-order valence-electron chi connectivity index (χ3n) is 1.91. The summed E-state index contributed by atoms with van der Waals surface area (Å²) in [5, 5.41) is 10.5. The van der Waals surface area contributed by atoms with E-state index < -0.39 is 41.6 Å². The Hall–Kier alpha value is -1.94. The first kappa shape index (κ1) is 15.1. The molecule has 0 atom stereocenters. The van der Waals surface area contributed by atoms with E-state index in [4.69, 9.17) is 0 Å². The molecule has 106 valence electrons. The van der Waals surface area contributed by atoms with Gasteiger partial charge in [-0.05, 0) is 12.1 Å². The number of hydrogen-bond donors (Lipinski definition) is 0. The van der Waals surface area contributed by atoms with Crippen LogP contribution >= 0.6 is 0 Å². The van der Waals surface area contributed by atoms with Crippen molar-refractivity contribution in [1.29, 1.82) is 0 Å². The van der Waals surface area contributed by atoms with Crippen LogP contribution in [0.25, 0.3) is 0 Å². The van der Waals surface area contributed by atoms with Crippen molar-refractivity contribution in [3.05, 3.63) is 33.9 Å². The molecule has 0 spiro atoms. The molecule has 0 N–H and O–H groups in total. The highest BCUT2D eigenvalue weighted by atomic mass is 19.4. The van der Waals surface area contributed by atoms with Gasteiger partial charge in [-0.25, -0.2) is 0 Å². The quantitative estimate of drug-likeness (QED) is 0.369. The molecule has 0 heterocycles. The second kappa shape index (κ2) is 4.98. The molecule has 0 radical (unpaired) electrons. The van der Waals surface area contributed by atoms with E-state index in [2.05, 4.69) is 4.74 Å². The van der Waals surface area contributed by atoms with Gasteiger partial charge in [-0.2, -0.15) is 13.2 Å². The fraction of sp³-hybridized carbons (Fsp3) is 0.250. The summed E-state index contributed by atoms with van der Waals surface area (Å²) in [6.45, 7) is -7.14. The van der Waals surface area contributed by atoms with Crippen LogP contribution in [-0.2, 0) is 6.18 Å². The van der Waals surface area contributed by atoms with Crippen LogP contribution < -0.4 is 4.74 Å². The van der Waals surface area contributed by atoms with E-state index in [0.717, 1.165) is 0 Å². The first-order valence-electron chi connectivity index (χ1n) is 4.70. The maximum atomic E-state index is 12.3. The van der Waals surface area contributed by atoms with E-state index in [1.165, 1.54) is 0 Å². The molecule has 11 heteroatoms. The Morgan fingerprint density at radius 2 is 1.84 bits per heavy atom. The lowest BCUT2D eigenvalue weighted by Gasteiger charge is -2.15. The van der Waals surface area contributed by atoms with Crippen molar-refractivity contribution in [3.8, 4) is 5.75 Å². The van der Waals surface area contributed by atoms with Gasteiger partial charge in [0, 0.05) is 6.07 Å². The Balaban J connectivity index is 3.09. The maximum absolute atomic E-state index is 12.3. The van der Waals surface area contributed by atoms with E-state index in [-0.39, 0.29) is 6.07 Å². The molecule has 0 saturated heterocycles. The minimum absolute atomic E-state index is 0.124. The summed E-state index contributed by atoms with van der Waals surface area (Å²) in [5.74, 6) is -0.864. The van der Waals surface area contributed by atoms with Gasteiger partial charge >= 0.3 is 18.8 Å². The average Bonchev–Trinajstić information content (AvgIpc) is 2.23. The number of halogens is 6. The lowest BCUT2D eigenvalue weighted by atomic mass is 9.95. The number of nitro groups is 1. The van der Waals surface area contributed by atoms with Crippen LogP contribution in [0.2, 0.25) is 0 Å². The largest absolute Gasteiger partial charge is 0.517 e. The molecule has 0 saturated carbocycles. The van der Waals surface area contributed by atoms with E-state index in [9.17, 15) is 36.2 Å². The highest BCUT2D eigenvalue weighted by molar-refractivity contribution is 6.58. The predicted octanol–water partition coefficient (Wildman–Crippen LogP) is 3.38. The second-order valence-electron chi connectivity index (χ2n) is 3.46. The Labute approximate surface area is 102 Å². The molecule has 0 amide bonds. The van der Waals surface area contributed by atoms with Crippen molar-refractivity contribution in [2.45, 2.75) is 6.18 Å². The van der Waals surface area contributed by atoms with Crippen LogP contribution in [-0.4, -0.2) is 18.4 Å².